The van der Waals surface area contributed by atoms with Crippen LogP contribution in [-0.4, -0.2) is 17.1 Å². The minimum atomic E-state index is -0.862. The van der Waals surface area contributed by atoms with Crippen molar-refractivity contribution in [3.8, 4) is 6.07 Å². The van der Waals surface area contributed by atoms with Gasteiger partial charge < -0.3 is 4.74 Å². The van der Waals surface area contributed by atoms with Gasteiger partial charge >= 0.3 is 5.97 Å². The van der Waals surface area contributed by atoms with Crippen LogP contribution in [0.3, 0.4) is 0 Å². The topological polar surface area (TPSA) is 63.0 Å². The lowest BCUT2D eigenvalue weighted by atomic mass is 10.0. The van der Waals surface area contributed by atoms with Gasteiger partial charge in [0.05, 0.1) is 21.8 Å². The number of rotatable bonds is 3. The number of pyridine rings is 1. The van der Waals surface area contributed by atoms with Gasteiger partial charge in [-0.25, -0.2) is 14.2 Å². The molecule has 0 fully saturated rings. The van der Waals surface area contributed by atoms with E-state index in [0.717, 1.165) is 11.1 Å². The second kappa shape index (κ2) is 7.65. The molecule has 0 radical (unpaired) electrons. The van der Waals surface area contributed by atoms with Crippen molar-refractivity contribution < 1.29 is 13.9 Å². The van der Waals surface area contributed by atoms with E-state index >= 15 is 0 Å². The zero-order valence-corrected chi connectivity index (χ0v) is 16.3. The van der Waals surface area contributed by atoms with Gasteiger partial charge in [-0.3, -0.25) is 0 Å². The van der Waals surface area contributed by atoms with E-state index in [-0.39, 0.29) is 0 Å². The van der Waals surface area contributed by atoms with Gasteiger partial charge in [0.2, 0.25) is 0 Å². The van der Waals surface area contributed by atoms with Gasteiger partial charge in [0.15, 0.2) is 6.10 Å². The molecule has 0 amide bonds. The van der Waals surface area contributed by atoms with Crippen LogP contribution in [0.5, 0.6) is 0 Å². The maximum absolute atomic E-state index is 14.3. The lowest BCUT2D eigenvalue weighted by Crippen LogP contribution is -2.16. The molecule has 1 heterocycles. The Labute approximate surface area is 172 Å². The molecular weight excluding hydrogens is 391 g/mol. The minimum Gasteiger partial charge on any atom is -0.444 e. The molecule has 0 spiro atoms. The van der Waals surface area contributed by atoms with E-state index in [1.807, 2.05) is 30.3 Å². The van der Waals surface area contributed by atoms with Gasteiger partial charge in [-0.1, -0.05) is 35.9 Å². The molecular formula is C23H16ClFN2O2. The van der Waals surface area contributed by atoms with Crippen LogP contribution in [0.2, 0.25) is 5.02 Å². The number of ether oxygens (including phenoxy) is 1. The largest absolute Gasteiger partial charge is 0.444 e. The lowest BCUT2D eigenvalue weighted by Gasteiger charge is -2.13. The molecule has 6 heteroatoms. The molecule has 0 aliphatic heterocycles. The van der Waals surface area contributed by atoms with Gasteiger partial charge in [-0.05, 0) is 55.2 Å². The van der Waals surface area contributed by atoms with E-state index < -0.39 is 17.9 Å². The first-order valence-electron chi connectivity index (χ1n) is 9.16. The van der Waals surface area contributed by atoms with Crippen molar-refractivity contribution in [1.29, 1.82) is 5.26 Å². The molecule has 1 atom stereocenters. The molecule has 0 saturated carbocycles. The lowest BCUT2D eigenvalue weighted by molar-refractivity contribution is 0.0436. The number of nitriles is 1. The molecule has 1 aliphatic rings. The number of halogens is 2. The third-order valence-electron chi connectivity index (χ3n) is 4.93. The molecule has 4 rings (SSSR count). The van der Waals surface area contributed by atoms with Crippen molar-refractivity contribution in [2.75, 3.05) is 0 Å². The van der Waals surface area contributed by atoms with Crippen molar-refractivity contribution in [2.45, 2.75) is 25.9 Å². The number of nitrogens with zero attached hydrogens (tertiary/aromatic N) is 2. The van der Waals surface area contributed by atoms with E-state index in [1.165, 1.54) is 13.0 Å². The Balaban J connectivity index is 1.91. The van der Waals surface area contributed by atoms with Crippen molar-refractivity contribution in [2.24, 2.45) is 0 Å². The Morgan fingerprint density at radius 1 is 1.28 bits per heavy atom. The third-order valence-corrected chi connectivity index (χ3v) is 5.26. The van der Waals surface area contributed by atoms with Crippen molar-refractivity contribution in [3.05, 3.63) is 75.7 Å². The van der Waals surface area contributed by atoms with E-state index in [1.54, 1.807) is 18.2 Å². The first-order valence-corrected chi connectivity index (χ1v) is 9.54. The minimum absolute atomic E-state index is 0.300. The van der Waals surface area contributed by atoms with Gasteiger partial charge in [0.25, 0.3) is 0 Å². The number of esters is 1. The Morgan fingerprint density at radius 2 is 2.07 bits per heavy atom. The van der Waals surface area contributed by atoms with Crippen LogP contribution in [-0.2, 0) is 11.2 Å². The predicted molar refractivity (Wildman–Crippen MR) is 110 cm³/mol. The number of allylic oxidation sites excluding steroid dienone is 1. The monoisotopic (exact) mass is 406 g/mol. The van der Waals surface area contributed by atoms with E-state index in [9.17, 15) is 9.18 Å². The summed E-state index contributed by atoms with van der Waals surface area (Å²) in [5, 5.41) is 9.99. The third kappa shape index (κ3) is 3.48. The van der Waals surface area contributed by atoms with Crippen LogP contribution < -0.4 is 0 Å². The Bertz CT molecular complexity index is 1190. The van der Waals surface area contributed by atoms with Crippen LogP contribution in [0.15, 0.2) is 42.5 Å². The van der Waals surface area contributed by atoms with E-state index in [4.69, 9.17) is 26.6 Å². The number of benzene rings is 2. The fourth-order valence-electron chi connectivity index (χ4n) is 3.58. The fraction of sp³-hybridized carbons (Fsp3) is 0.174. The number of carbonyl (C=O) groups excluding carboxylic acids is 1. The SMILES string of the molecule is C[C@@H](C#N)OC(=O)c1c2c(nc3ccccc13)/C(=C/c1c(F)cccc1Cl)CC2. The summed E-state index contributed by atoms with van der Waals surface area (Å²) in [5.74, 6) is -0.971. The van der Waals surface area contributed by atoms with E-state index in [2.05, 4.69) is 0 Å². The molecule has 0 bridgehead atoms. The molecule has 0 saturated heterocycles. The Hall–Kier alpha value is -3.23. The highest BCUT2D eigenvalue weighted by molar-refractivity contribution is 6.32. The summed E-state index contributed by atoms with van der Waals surface area (Å²) in [6.45, 7) is 1.52. The highest BCUT2D eigenvalue weighted by atomic mass is 35.5. The van der Waals surface area contributed by atoms with Crippen molar-refractivity contribution >= 4 is 40.1 Å². The van der Waals surface area contributed by atoms with Gasteiger partial charge in [-0.2, -0.15) is 5.26 Å². The highest BCUT2D eigenvalue weighted by Crippen LogP contribution is 2.38. The standard InChI is InChI=1S/C23H16ClFN2O2/c1-13(12-26)29-23(28)21-15-5-2-3-8-20(15)27-22-14(9-10-16(21)22)11-17-18(24)6-4-7-19(17)25/h2-8,11,13H,9-10H2,1H3/b14-11+/t13-/m0/s1. The summed E-state index contributed by atoms with van der Waals surface area (Å²) < 4.78 is 19.6. The summed E-state index contributed by atoms with van der Waals surface area (Å²) in [6, 6.07) is 13.7. The molecule has 1 aromatic heterocycles. The van der Waals surface area contributed by atoms with Crippen LogP contribution in [0, 0.1) is 17.1 Å². The van der Waals surface area contributed by atoms with E-state index in [0.29, 0.717) is 45.6 Å². The van der Waals surface area contributed by atoms with Crippen LogP contribution in [0.25, 0.3) is 22.6 Å². The number of para-hydroxylation sites is 1. The van der Waals surface area contributed by atoms with Crippen LogP contribution in [0.1, 0.15) is 40.5 Å². The second-order valence-corrected chi connectivity index (χ2v) is 7.22. The number of hydrogen-bond donors (Lipinski definition) is 0. The predicted octanol–water partition coefficient (Wildman–Crippen LogP) is 5.58. The first-order chi connectivity index (χ1) is 14.0. The second-order valence-electron chi connectivity index (χ2n) is 6.81. The quantitative estimate of drug-likeness (QED) is 0.532. The average molecular weight is 407 g/mol. The number of fused-ring (bicyclic) bond motifs is 2. The first kappa shape index (κ1) is 19.1. The maximum Gasteiger partial charge on any atom is 0.340 e. The summed E-state index contributed by atoms with van der Waals surface area (Å²) in [5.41, 5.74) is 3.54. The summed E-state index contributed by atoms with van der Waals surface area (Å²) in [4.78, 5) is 17.6. The highest BCUT2D eigenvalue weighted by Gasteiger charge is 2.28. The summed E-state index contributed by atoms with van der Waals surface area (Å²) in [7, 11) is 0. The van der Waals surface area contributed by atoms with Gasteiger partial charge in [0, 0.05) is 10.9 Å². The smallest absolute Gasteiger partial charge is 0.340 e. The molecule has 29 heavy (non-hydrogen) atoms. The zero-order chi connectivity index (χ0) is 20.5. The number of aromatic nitrogens is 1. The molecule has 3 aromatic rings. The summed E-state index contributed by atoms with van der Waals surface area (Å²) in [6.07, 6.45) is 1.99. The maximum atomic E-state index is 14.3. The summed E-state index contributed by atoms with van der Waals surface area (Å²) >= 11 is 6.18. The zero-order valence-electron chi connectivity index (χ0n) is 15.6. The fourth-order valence-corrected chi connectivity index (χ4v) is 3.80. The van der Waals surface area contributed by atoms with Crippen LogP contribution in [0.4, 0.5) is 4.39 Å². The molecule has 4 nitrogen and oxygen atoms in total. The average Bonchev–Trinajstić information content (AvgIpc) is 3.10. The van der Waals surface area contributed by atoms with Gasteiger partial charge in [-0.15, -0.1) is 0 Å². The number of carbonyl (C=O) groups is 1. The molecule has 144 valence electrons. The Kier molecular flexibility index (Phi) is 5.04. The van der Waals surface area contributed by atoms with Crippen molar-refractivity contribution in [3.63, 3.8) is 0 Å². The molecule has 0 N–H and O–H groups in total. The normalized spacial score (nSPS) is 15.2. The molecule has 1 aliphatic carbocycles. The molecule has 2 aromatic carbocycles. The number of hydrogen-bond acceptors (Lipinski definition) is 4. The molecule has 0 unspecified atom stereocenters. The van der Waals surface area contributed by atoms with Gasteiger partial charge in [0.1, 0.15) is 11.9 Å². The Morgan fingerprint density at radius 3 is 2.83 bits per heavy atom. The van der Waals surface area contributed by atoms with Crippen molar-refractivity contribution in [1.82, 2.24) is 4.98 Å². The van der Waals surface area contributed by atoms with Crippen LogP contribution >= 0.6 is 11.6 Å².